The molecule has 0 fully saturated rings. The van der Waals surface area contributed by atoms with Crippen molar-refractivity contribution in [3.63, 3.8) is 0 Å². The fraction of sp³-hybridized carbons (Fsp3) is 0.190. The normalized spacial score (nSPS) is 17.6. The quantitative estimate of drug-likeness (QED) is 0.479. The van der Waals surface area contributed by atoms with Crippen LogP contribution in [0.2, 0.25) is 0 Å². The van der Waals surface area contributed by atoms with Gasteiger partial charge in [0.25, 0.3) is 0 Å². The molecule has 0 amide bonds. The highest BCUT2D eigenvalue weighted by molar-refractivity contribution is 9.10. The molecule has 0 saturated heterocycles. The molecular weight excluding hydrogens is 498 g/mol. The first kappa shape index (κ1) is 21.7. The molecule has 4 rings (SSSR count). The Balaban J connectivity index is 1.92. The summed E-state index contributed by atoms with van der Waals surface area (Å²) in [5.74, 6) is 0.964. The van der Waals surface area contributed by atoms with Crippen molar-refractivity contribution in [2.24, 2.45) is 4.99 Å². The summed E-state index contributed by atoms with van der Waals surface area (Å²) in [6.45, 7) is 2.33. The van der Waals surface area contributed by atoms with E-state index >= 15 is 0 Å². The van der Waals surface area contributed by atoms with Gasteiger partial charge in [-0.1, -0.05) is 12.1 Å². The van der Waals surface area contributed by atoms with Crippen molar-refractivity contribution in [1.82, 2.24) is 14.5 Å². The van der Waals surface area contributed by atoms with Crippen molar-refractivity contribution >= 4 is 56.7 Å². The molecule has 6 nitrogen and oxygen atoms in total. The van der Waals surface area contributed by atoms with Crippen LogP contribution in [0, 0.1) is 24.1 Å². The number of halogens is 2. The predicted molar refractivity (Wildman–Crippen MR) is 129 cm³/mol. The van der Waals surface area contributed by atoms with Crippen LogP contribution in [0.3, 0.4) is 0 Å². The number of nitrogens with one attached hydrogen (secondary N) is 1. The van der Waals surface area contributed by atoms with E-state index in [1.807, 2.05) is 42.9 Å². The van der Waals surface area contributed by atoms with Gasteiger partial charge in [-0.2, -0.15) is 10.4 Å². The Bertz CT molecular complexity index is 1260. The lowest BCUT2D eigenvalue weighted by atomic mass is 10.2. The number of nitrogens with zero attached hydrogens (tertiary/aromatic N) is 5. The number of hydrogen-bond donors (Lipinski definition) is 1. The summed E-state index contributed by atoms with van der Waals surface area (Å²) in [7, 11) is 1.90. The maximum atomic E-state index is 13.6. The molecule has 0 saturated carbocycles. The number of amidine groups is 1. The first-order chi connectivity index (χ1) is 14.8. The van der Waals surface area contributed by atoms with Crippen LogP contribution in [0.25, 0.3) is 0 Å². The van der Waals surface area contributed by atoms with Gasteiger partial charge in [0.05, 0.1) is 35.7 Å². The molecule has 2 heterocycles. The van der Waals surface area contributed by atoms with Crippen molar-refractivity contribution in [3.8, 4) is 6.07 Å². The number of fused-ring (bicyclic) bond motifs is 1. The molecule has 10 heteroatoms. The van der Waals surface area contributed by atoms with Gasteiger partial charge in [-0.05, 0) is 71.1 Å². The van der Waals surface area contributed by atoms with Crippen LogP contribution in [0.4, 0.5) is 15.9 Å². The monoisotopic (exact) mass is 516 g/mol. The van der Waals surface area contributed by atoms with E-state index in [2.05, 4.69) is 32.2 Å². The lowest BCUT2D eigenvalue weighted by Gasteiger charge is -2.38. The molecule has 1 aromatic heterocycles. The zero-order valence-corrected chi connectivity index (χ0v) is 20.2. The van der Waals surface area contributed by atoms with Gasteiger partial charge in [0.1, 0.15) is 11.7 Å². The molecule has 0 bridgehead atoms. The SMILES string of the molecule is Cc1nn(CCC#N)c2c1P(=S)(Nc1ccccc1Br)N(C)C(c1ccc(F)cc1)=N2. The van der Waals surface area contributed by atoms with E-state index < -0.39 is 6.34 Å². The summed E-state index contributed by atoms with van der Waals surface area (Å²) in [5.41, 5.74) is 2.40. The summed E-state index contributed by atoms with van der Waals surface area (Å²) in [6, 6.07) is 16.2. The molecule has 3 aromatic rings. The number of aromatic nitrogens is 2. The zero-order valence-electron chi connectivity index (χ0n) is 16.9. The third kappa shape index (κ3) is 3.91. The molecular formula is C21H19BrFN6PS. The Morgan fingerprint density at radius 2 is 1.94 bits per heavy atom. The molecule has 1 atom stereocenters. The average molecular weight is 517 g/mol. The van der Waals surface area contributed by atoms with Crippen molar-refractivity contribution in [2.45, 2.75) is 19.9 Å². The second-order valence-corrected chi connectivity index (χ2v) is 11.9. The summed E-state index contributed by atoms with van der Waals surface area (Å²) in [6.07, 6.45) is -2.32. The summed E-state index contributed by atoms with van der Waals surface area (Å²) in [4.78, 5) is 4.88. The van der Waals surface area contributed by atoms with E-state index in [1.165, 1.54) is 12.1 Å². The molecule has 1 unspecified atom stereocenters. The molecule has 1 N–H and O–H groups in total. The van der Waals surface area contributed by atoms with Crippen LogP contribution in [-0.4, -0.2) is 27.3 Å². The van der Waals surface area contributed by atoms with E-state index in [-0.39, 0.29) is 5.82 Å². The molecule has 158 valence electrons. The van der Waals surface area contributed by atoms with Crippen molar-refractivity contribution in [2.75, 3.05) is 12.1 Å². The number of aliphatic imine (C=N–C) groups is 1. The van der Waals surface area contributed by atoms with Crippen LogP contribution in [0.1, 0.15) is 17.7 Å². The number of hydrogen-bond acceptors (Lipinski definition) is 4. The van der Waals surface area contributed by atoms with Gasteiger partial charge in [0, 0.05) is 17.1 Å². The second-order valence-electron chi connectivity index (χ2n) is 7.02. The highest BCUT2D eigenvalue weighted by Crippen LogP contribution is 2.54. The van der Waals surface area contributed by atoms with Gasteiger partial charge in [0.15, 0.2) is 12.2 Å². The van der Waals surface area contributed by atoms with E-state index in [4.69, 9.17) is 22.1 Å². The molecule has 0 radical (unpaired) electrons. The number of aryl methyl sites for hydroxylation is 2. The van der Waals surface area contributed by atoms with Crippen molar-refractivity contribution in [1.29, 1.82) is 5.26 Å². The molecule has 2 aromatic carbocycles. The van der Waals surface area contributed by atoms with E-state index in [0.29, 0.717) is 24.6 Å². The van der Waals surface area contributed by atoms with Gasteiger partial charge in [-0.15, -0.1) is 0 Å². The molecule has 0 spiro atoms. The average Bonchev–Trinajstić information content (AvgIpc) is 3.07. The number of para-hydroxylation sites is 1. The summed E-state index contributed by atoms with van der Waals surface area (Å²) < 4.78 is 18.2. The van der Waals surface area contributed by atoms with Gasteiger partial charge >= 0.3 is 0 Å². The predicted octanol–water partition coefficient (Wildman–Crippen LogP) is 5.08. The lowest BCUT2D eigenvalue weighted by Crippen LogP contribution is -2.36. The van der Waals surface area contributed by atoms with E-state index in [1.54, 1.807) is 16.8 Å². The van der Waals surface area contributed by atoms with Gasteiger partial charge in [-0.25, -0.2) is 14.1 Å². The molecule has 0 aliphatic carbocycles. The molecule has 1 aliphatic heterocycles. The maximum Gasteiger partial charge on any atom is 0.165 e. The maximum absolute atomic E-state index is 13.6. The second kappa shape index (κ2) is 8.54. The minimum absolute atomic E-state index is 0.311. The summed E-state index contributed by atoms with van der Waals surface area (Å²) >= 11 is 9.92. The third-order valence-electron chi connectivity index (χ3n) is 5.00. The van der Waals surface area contributed by atoms with Crippen LogP contribution in [-0.2, 0) is 18.4 Å². The topological polar surface area (TPSA) is 69.2 Å². The van der Waals surface area contributed by atoms with Crippen molar-refractivity contribution < 1.29 is 4.39 Å². The van der Waals surface area contributed by atoms with Crippen LogP contribution in [0.15, 0.2) is 58.0 Å². The highest BCUT2D eigenvalue weighted by atomic mass is 79.9. The Hall–Kier alpha value is -2.53. The third-order valence-corrected chi connectivity index (χ3v) is 9.95. The van der Waals surface area contributed by atoms with Crippen LogP contribution in [0.5, 0.6) is 0 Å². The lowest BCUT2D eigenvalue weighted by molar-refractivity contribution is 0.624. The Morgan fingerprint density at radius 1 is 1.23 bits per heavy atom. The minimum Gasteiger partial charge on any atom is -0.337 e. The summed E-state index contributed by atoms with van der Waals surface area (Å²) in [5, 5.41) is 18.2. The van der Waals surface area contributed by atoms with Gasteiger partial charge in [-0.3, -0.25) is 0 Å². The highest BCUT2D eigenvalue weighted by Gasteiger charge is 2.39. The number of benzene rings is 2. The van der Waals surface area contributed by atoms with E-state index in [0.717, 1.165) is 26.7 Å². The Labute approximate surface area is 193 Å². The Morgan fingerprint density at radius 3 is 2.61 bits per heavy atom. The zero-order chi connectivity index (χ0) is 22.2. The standard InChI is InChI=1S/C21H19BrFN6PS/c1-14-19-21(29(26-14)13-5-12-24)25-20(15-8-10-16(23)11-9-15)28(2)30(19,31)27-18-7-4-3-6-17(18)22/h3-4,6-11H,5,13H2,1-2H3,(H,27,31). The first-order valence-electron chi connectivity index (χ1n) is 9.52. The smallest absolute Gasteiger partial charge is 0.165 e. The number of nitriles is 1. The fourth-order valence-corrected chi connectivity index (χ4v) is 7.63. The van der Waals surface area contributed by atoms with Crippen LogP contribution >= 0.6 is 22.3 Å². The number of rotatable bonds is 5. The Kier molecular flexibility index (Phi) is 5.98. The fourth-order valence-electron chi connectivity index (χ4n) is 3.49. The minimum atomic E-state index is -2.63. The molecule has 1 aliphatic rings. The van der Waals surface area contributed by atoms with Crippen molar-refractivity contribution in [3.05, 3.63) is 70.1 Å². The van der Waals surface area contributed by atoms with Crippen LogP contribution < -0.4 is 10.4 Å². The first-order valence-corrected chi connectivity index (χ1v) is 13.1. The molecule has 31 heavy (non-hydrogen) atoms. The van der Waals surface area contributed by atoms with Gasteiger partial charge in [0.2, 0.25) is 0 Å². The van der Waals surface area contributed by atoms with Gasteiger partial charge < -0.3 is 9.76 Å². The van der Waals surface area contributed by atoms with E-state index in [9.17, 15) is 4.39 Å². The number of anilines is 1. The largest absolute Gasteiger partial charge is 0.337 e.